The summed E-state index contributed by atoms with van der Waals surface area (Å²) in [4.78, 5) is 9.63. The number of rotatable bonds is 8. The van der Waals surface area contributed by atoms with Gasteiger partial charge in [-0.05, 0) is 37.5 Å². The lowest BCUT2D eigenvalue weighted by molar-refractivity contribution is 0.124. The number of hydrogen-bond acceptors (Lipinski definition) is 4. The predicted molar refractivity (Wildman–Crippen MR) is 100 cm³/mol. The van der Waals surface area contributed by atoms with Crippen molar-refractivity contribution in [1.82, 2.24) is 14.9 Å². The number of ether oxygens (including phenoxy) is 1. The third-order valence-corrected chi connectivity index (χ3v) is 4.42. The highest BCUT2D eigenvalue weighted by atomic mass is 16.5. The van der Waals surface area contributed by atoms with Crippen molar-refractivity contribution in [3.8, 4) is 0 Å². The van der Waals surface area contributed by atoms with Crippen molar-refractivity contribution in [2.24, 2.45) is 0 Å². The van der Waals surface area contributed by atoms with Crippen LogP contribution in [0.4, 0.5) is 0 Å². The quantitative estimate of drug-likeness (QED) is 0.639. The van der Waals surface area contributed by atoms with E-state index in [0.717, 1.165) is 42.5 Å². The second-order valence-electron chi connectivity index (χ2n) is 6.52. The largest absolute Gasteiger partial charge is 0.510 e. The van der Waals surface area contributed by atoms with Gasteiger partial charge in [-0.15, -0.1) is 0 Å². The van der Waals surface area contributed by atoms with Crippen LogP contribution in [0.3, 0.4) is 0 Å². The average Bonchev–Trinajstić information content (AvgIpc) is 3.10. The highest BCUT2D eigenvalue weighted by molar-refractivity contribution is 6.23. The Kier molecular flexibility index (Phi) is 5.38. The van der Waals surface area contributed by atoms with Crippen LogP contribution in [-0.2, 0) is 4.74 Å². The van der Waals surface area contributed by atoms with Crippen molar-refractivity contribution < 1.29 is 9.84 Å². The number of amidine groups is 1. The molecule has 0 unspecified atom stereocenters. The number of H-pyrrole nitrogens is 1. The summed E-state index contributed by atoms with van der Waals surface area (Å²) in [5, 5.41) is 18.7. The molecule has 0 saturated heterocycles. The molecule has 1 aliphatic rings. The van der Waals surface area contributed by atoms with Gasteiger partial charge in [0, 0.05) is 19.8 Å². The van der Waals surface area contributed by atoms with E-state index in [0.29, 0.717) is 36.9 Å². The zero-order chi connectivity index (χ0) is 17.8. The zero-order valence-corrected chi connectivity index (χ0v) is 14.9. The van der Waals surface area contributed by atoms with Crippen molar-refractivity contribution in [2.45, 2.75) is 33.1 Å². The minimum atomic E-state index is 0.202. The molecule has 6 heteroatoms. The van der Waals surface area contributed by atoms with E-state index < -0.39 is 0 Å². The molecule has 1 aromatic carbocycles. The predicted octanol–water partition coefficient (Wildman–Crippen LogP) is 3.64. The lowest BCUT2D eigenvalue weighted by Crippen LogP contribution is -2.28. The van der Waals surface area contributed by atoms with Crippen LogP contribution >= 0.6 is 0 Å². The summed E-state index contributed by atoms with van der Waals surface area (Å²) < 4.78 is 5.57. The van der Waals surface area contributed by atoms with Gasteiger partial charge in [-0.25, -0.2) is 4.98 Å². The molecule has 0 saturated carbocycles. The summed E-state index contributed by atoms with van der Waals surface area (Å²) in [6, 6.07) is 5.98. The average molecular weight is 342 g/mol. The summed E-state index contributed by atoms with van der Waals surface area (Å²) in [5.74, 6) is 1.08. The van der Waals surface area contributed by atoms with E-state index >= 15 is 0 Å². The molecule has 3 rings (SSSR count). The molecule has 2 aromatic rings. The molecule has 25 heavy (non-hydrogen) atoms. The summed E-state index contributed by atoms with van der Waals surface area (Å²) in [6.45, 7) is 6.70. The van der Waals surface area contributed by atoms with Crippen LogP contribution in [0.5, 0.6) is 0 Å². The van der Waals surface area contributed by atoms with E-state index in [-0.39, 0.29) is 5.76 Å². The molecule has 1 aromatic heterocycles. The lowest BCUT2D eigenvalue weighted by Gasteiger charge is -2.18. The van der Waals surface area contributed by atoms with Crippen LogP contribution < -0.4 is 0 Å². The SMILES string of the molecule is CCCCOCCCN1CC(O)=C(c2nc3ccc(C)cc3[nH]2)C1=N. The first-order valence-corrected chi connectivity index (χ1v) is 8.90. The standard InChI is InChI=1S/C19H26N4O2/c1-3-4-9-25-10-5-8-23-12-16(24)17(18(23)20)19-21-14-7-6-13(2)11-15(14)22-19/h6-7,11,20,24H,3-5,8-10,12H2,1-2H3,(H,21,22). The first-order chi connectivity index (χ1) is 12.1. The summed E-state index contributed by atoms with van der Waals surface area (Å²) in [6.07, 6.45) is 3.05. The van der Waals surface area contributed by atoms with E-state index in [9.17, 15) is 5.11 Å². The molecule has 2 heterocycles. The van der Waals surface area contributed by atoms with Gasteiger partial charge in [0.25, 0.3) is 0 Å². The molecule has 0 amide bonds. The van der Waals surface area contributed by atoms with E-state index in [1.54, 1.807) is 0 Å². The van der Waals surface area contributed by atoms with Crippen molar-refractivity contribution in [2.75, 3.05) is 26.3 Å². The van der Waals surface area contributed by atoms with Gasteiger partial charge in [0.2, 0.25) is 0 Å². The van der Waals surface area contributed by atoms with E-state index in [2.05, 4.69) is 16.9 Å². The first kappa shape index (κ1) is 17.5. The van der Waals surface area contributed by atoms with Crippen molar-refractivity contribution in [3.05, 3.63) is 35.3 Å². The molecule has 0 spiro atoms. The van der Waals surface area contributed by atoms with Gasteiger partial charge >= 0.3 is 0 Å². The highest BCUT2D eigenvalue weighted by Crippen LogP contribution is 2.27. The van der Waals surface area contributed by atoms with Gasteiger partial charge in [0.05, 0.1) is 23.2 Å². The monoisotopic (exact) mass is 342 g/mol. The van der Waals surface area contributed by atoms with Crippen LogP contribution in [-0.4, -0.2) is 52.1 Å². The fraction of sp³-hybridized carbons (Fsp3) is 0.474. The Hall–Kier alpha value is -2.34. The Balaban J connectivity index is 1.64. The summed E-state index contributed by atoms with van der Waals surface area (Å²) >= 11 is 0. The Morgan fingerprint density at radius 1 is 1.32 bits per heavy atom. The number of nitrogens with one attached hydrogen (secondary N) is 2. The van der Waals surface area contributed by atoms with Crippen molar-refractivity contribution in [3.63, 3.8) is 0 Å². The minimum Gasteiger partial charge on any atom is -0.510 e. The smallest absolute Gasteiger partial charge is 0.145 e. The number of aliphatic hydroxyl groups is 1. The summed E-state index contributed by atoms with van der Waals surface area (Å²) in [5.41, 5.74) is 3.41. The fourth-order valence-corrected chi connectivity index (χ4v) is 3.02. The fourth-order valence-electron chi connectivity index (χ4n) is 3.02. The number of unbranched alkanes of at least 4 members (excludes halogenated alkanes) is 1. The van der Waals surface area contributed by atoms with Gasteiger partial charge in [-0.2, -0.15) is 0 Å². The van der Waals surface area contributed by atoms with Crippen LogP contribution in [0.15, 0.2) is 24.0 Å². The van der Waals surface area contributed by atoms with Crippen LogP contribution in [0, 0.1) is 12.3 Å². The minimum absolute atomic E-state index is 0.202. The number of benzene rings is 1. The molecule has 0 atom stereocenters. The molecule has 0 bridgehead atoms. The third kappa shape index (κ3) is 3.85. The van der Waals surface area contributed by atoms with Gasteiger partial charge in [0.15, 0.2) is 0 Å². The Morgan fingerprint density at radius 2 is 2.12 bits per heavy atom. The maximum absolute atomic E-state index is 10.3. The number of aromatic nitrogens is 2. The molecular weight excluding hydrogens is 316 g/mol. The number of aliphatic hydroxyl groups excluding tert-OH is 1. The molecule has 0 radical (unpaired) electrons. The molecule has 0 aliphatic carbocycles. The summed E-state index contributed by atoms with van der Waals surface area (Å²) in [7, 11) is 0. The Bertz CT molecular complexity index is 794. The van der Waals surface area contributed by atoms with E-state index in [1.165, 1.54) is 0 Å². The third-order valence-electron chi connectivity index (χ3n) is 4.42. The van der Waals surface area contributed by atoms with E-state index in [1.807, 2.05) is 30.0 Å². The number of aromatic amines is 1. The number of aryl methyl sites for hydroxylation is 1. The molecule has 6 nitrogen and oxygen atoms in total. The zero-order valence-electron chi connectivity index (χ0n) is 14.9. The van der Waals surface area contributed by atoms with Gasteiger partial charge in [-0.3, -0.25) is 5.41 Å². The molecular formula is C19H26N4O2. The molecule has 0 fully saturated rings. The maximum atomic E-state index is 10.3. The molecule has 134 valence electrons. The second-order valence-corrected chi connectivity index (χ2v) is 6.52. The topological polar surface area (TPSA) is 85.2 Å². The highest BCUT2D eigenvalue weighted by Gasteiger charge is 2.29. The number of nitrogens with zero attached hydrogens (tertiary/aromatic N) is 2. The Labute approximate surface area is 148 Å². The molecule has 3 N–H and O–H groups in total. The first-order valence-electron chi connectivity index (χ1n) is 8.90. The van der Waals surface area contributed by atoms with Crippen molar-refractivity contribution >= 4 is 22.4 Å². The Morgan fingerprint density at radius 3 is 2.92 bits per heavy atom. The molecule has 1 aliphatic heterocycles. The lowest BCUT2D eigenvalue weighted by atomic mass is 10.2. The normalized spacial score (nSPS) is 15.0. The number of imidazole rings is 1. The van der Waals surface area contributed by atoms with E-state index in [4.69, 9.17) is 10.1 Å². The van der Waals surface area contributed by atoms with Gasteiger partial charge < -0.3 is 19.7 Å². The second kappa shape index (κ2) is 7.70. The number of fused-ring (bicyclic) bond motifs is 1. The van der Waals surface area contributed by atoms with Gasteiger partial charge in [0.1, 0.15) is 17.4 Å². The van der Waals surface area contributed by atoms with Gasteiger partial charge in [-0.1, -0.05) is 19.4 Å². The van der Waals surface area contributed by atoms with Crippen LogP contribution in [0.25, 0.3) is 16.6 Å². The van der Waals surface area contributed by atoms with Crippen molar-refractivity contribution in [1.29, 1.82) is 5.41 Å². The van der Waals surface area contributed by atoms with Crippen LogP contribution in [0.1, 0.15) is 37.6 Å². The maximum Gasteiger partial charge on any atom is 0.145 e. The number of hydrogen-bond donors (Lipinski definition) is 3. The van der Waals surface area contributed by atoms with Crippen LogP contribution in [0.2, 0.25) is 0 Å².